The van der Waals surface area contributed by atoms with Crippen molar-refractivity contribution in [3.05, 3.63) is 30.3 Å². The Balaban J connectivity index is 3.20. The normalized spacial score (nSPS) is 10.5. The van der Waals surface area contributed by atoms with Gasteiger partial charge in [0.05, 0.1) is 22.7 Å². The van der Waals surface area contributed by atoms with Gasteiger partial charge in [-0.2, -0.15) is 0 Å². The van der Waals surface area contributed by atoms with Crippen LogP contribution in [0, 0.1) is 0 Å². The van der Waals surface area contributed by atoms with Gasteiger partial charge in [-0.3, -0.25) is 0 Å². The topological polar surface area (TPSA) is 27.7 Å². The Kier molecular flexibility index (Phi) is 3.49. The van der Waals surface area contributed by atoms with Crippen LogP contribution in [0.5, 0.6) is 17.2 Å². The third kappa shape index (κ3) is 2.43. The molecule has 1 rings (SSSR count). The number of methoxy groups -OCH3 is 3. The van der Waals surface area contributed by atoms with Crippen molar-refractivity contribution in [1.29, 1.82) is 0 Å². The highest BCUT2D eigenvalue weighted by molar-refractivity contribution is 5.54. The van der Waals surface area contributed by atoms with Gasteiger partial charge in [-0.15, -0.1) is 6.58 Å². The average molecular weight is 209 g/mol. The standard InChI is InChI=1S/C12H16O3/c1-5-6-9-7-10(13-2)12(15-4)11(8-9)14-3/h5,7-8H,1,6H2,2-4H3/i5D. The highest BCUT2D eigenvalue weighted by atomic mass is 16.5. The SMILES string of the molecule is [2H]C(=C)Cc1cc(OC)c(OC)c(OC)c1. The van der Waals surface area contributed by atoms with E-state index in [1.807, 2.05) is 12.1 Å². The third-order valence-corrected chi connectivity index (χ3v) is 2.05. The summed E-state index contributed by atoms with van der Waals surface area (Å²) in [6.45, 7) is 3.56. The lowest BCUT2D eigenvalue weighted by molar-refractivity contribution is 0.324. The molecule has 0 aliphatic heterocycles. The van der Waals surface area contributed by atoms with Gasteiger partial charge in [0.2, 0.25) is 5.75 Å². The third-order valence-electron chi connectivity index (χ3n) is 2.05. The summed E-state index contributed by atoms with van der Waals surface area (Å²) in [5.74, 6) is 1.75. The fourth-order valence-electron chi connectivity index (χ4n) is 1.38. The summed E-state index contributed by atoms with van der Waals surface area (Å²) in [7, 11) is 4.69. The van der Waals surface area contributed by atoms with Crippen LogP contribution in [0.4, 0.5) is 0 Å². The summed E-state index contributed by atoms with van der Waals surface area (Å²) in [5.41, 5.74) is 0.912. The van der Waals surface area contributed by atoms with Crippen molar-refractivity contribution in [2.24, 2.45) is 0 Å². The molecule has 0 spiro atoms. The van der Waals surface area contributed by atoms with Gasteiger partial charge in [0.25, 0.3) is 0 Å². The molecule has 0 fully saturated rings. The molecule has 0 saturated heterocycles. The van der Waals surface area contributed by atoms with Crippen molar-refractivity contribution in [2.45, 2.75) is 6.42 Å². The summed E-state index contributed by atoms with van der Waals surface area (Å²) in [4.78, 5) is 0. The lowest BCUT2D eigenvalue weighted by atomic mass is 10.1. The fourth-order valence-corrected chi connectivity index (χ4v) is 1.38. The number of hydrogen-bond acceptors (Lipinski definition) is 3. The zero-order valence-corrected chi connectivity index (χ0v) is 9.29. The molecule has 0 aromatic heterocycles. The largest absolute Gasteiger partial charge is 0.493 e. The molecule has 0 heterocycles. The first-order valence-electron chi connectivity index (χ1n) is 5.05. The smallest absolute Gasteiger partial charge is 0.203 e. The molecule has 3 heteroatoms. The summed E-state index contributed by atoms with van der Waals surface area (Å²) in [6, 6.07) is 3.98. The van der Waals surface area contributed by atoms with Gasteiger partial charge in [-0.05, 0) is 24.1 Å². The molecule has 0 unspecified atom stereocenters. The molecular weight excluding hydrogens is 192 g/mol. The Morgan fingerprint density at radius 2 is 1.73 bits per heavy atom. The van der Waals surface area contributed by atoms with Crippen LogP contribution in [0.2, 0.25) is 0 Å². The number of benzene rings is 1. The van der Waals surface area contributed by atoms with Gasteiger partial charge in [0.15, 0.2) is 11.5 Å². The maximum Gasteiger partial charge on any atom is 0.203 e. The second kappa shape index (κ2) is 5.29. The van der Waals surface area contributed by atoms with Crippen LogP contribution in [0.1, 0.15) is 6.93 Å². The average Bonchev–Trinajstić information content (AvgIpc) is 2.26. The molecule has 0 radical (unpaired) electrons. The molecule has 1 aromatic rings. The Hall–Kier alpha value is -1.64. The molecular formula is C12H16O3. The van der Waals surface area contributed by atoms with Gasteiger partial charge in [0, 0.05) is 0 Å². The Morgan fingerprint density at radius 3 is 2.07 bits per heavy atom. The van der Waals surface area contributed by atoms with Gasteiger partial charge in [-0.25, -0.2) is 0 Å². The van der Waals surface area contributed by atoms with Crippen LogP contribution in [-0.2, 0) is 6.42 Å². The highest BCUT2D eigenvalue weighted by Gasteiger charge is 2.12. The maximum absolute atomic E-state index is 7.36. The van der Waals surface area contributed by atoms with E-state index in [-0.39, 0.29) is 0 Å². The van der Waals surface area contributed by atoms with Crippen LogP contribution >= 0.6 is 0 Å². The summed E-state index contributed by atoms with van der Waals surface area (Å²) in [6.07, 6.45) is 0.469. The van der Waals surface area contributed by atoms with E-state index in [1.165, 1.54) is 0 Å². The van der Waals surface area contributed by atoms with E-state index in [0.29, 0.717) is 29.7 Å². The summed E-state index contributed by atoms with van der Waals surface area (Å²) < 4.78 is 23.0. The highest BCUT2D eigenvalue weighted by Crippen LogP contribution is 2.38. The van der Waals surface area contributed by atoms with E-state index in [0.717, 1.165) is 5.56 Å². The van der Waals surface area contributed by atoms with Crippen LogP contribution in [-0.4, -0.2) is 21.3 Å². The van der Waals surface area contributed by atoms with Gasteiger partial charge in [-0.1, -0.05) is 6.05 Å². The zero-order chi connectivity index (χ0) is 12.1. The molecule has 0 aliphatic carbocycles. The second-order valence-electron chi connectivity index (χ2n) is 2.96. The number of allylic oxidation sites excluding steroid dienone is 1. The summed E-state index contributed by atoms with van der Waals surface area (Å²) in [5, 5.41) is 0. The van der Waals surface area contributed by atoms with Gasteiger partial charge < -0.3 is 14.2 Å². The zero-order valence-electron chi connectivity index (χ0n) is 10.3. The fraction of sp³-hybridized carbons (Fsp3) is 0.333. The van der Waals surface area contributed by atoms with E-state index < -0.39 is 0 Å². The molecule has 15 heavy (non-hydrogen) atoms. The molecule has 0 aliphatic rings. The van der Waals surface area contributed by atoms with E-state index in [9.17, 15) is 0 Å². The van der Waals surface area contributed by atoms with Crippen molar-refractivity contribution in [1.82, 2.24) is 0 Å². The van der Waals surface area contributed by atoms with Crippen LogP contribution in [0.3, 0.4) is 0 Å². The van der Waals surface area contributed by atoms with Crippen molar-refractivity contribution in [3.8, 4) is 17.2 Å². The Morgan fingerprint density at radius 1 is 1.20 bits per heavy atom. The maximum atomic E-state index is 7.36. The predicted octanol–water partition coefficient (Wildman–Crippen LogP) is 2.44. The van der Waals surface area contributed by atoms with E-state index in [1.54, 1.807) is 21.3 Å². The first-order valence-corrected chi connectivity index (χ1v) is 4.55. The first-order chi connectivity index (χ1) is 7.62. The molecule has 1 aromatic carbocycles. The first kappa shape index (κ1) is 9.90. The minimum atomic E-state index is 0.342. The predicted molar refractivity (Wildman–Crippen MR) is 60.0 cm³/mol. The Bertz CT molecular complexity index is 363. The minimum absolute atomic E-state index is 0.342. The Labute approximate surface area is 91.7 Å². The van der Waals surface area contributed by atoms with Gasteiger partial charge in [0.1, 0.15) is 0 Å². The van der Waals surface area contributed by atoms with E-state index in [4.69, 9.17) is 15.6 Å². The lowest BCUT2D eigenvalue weighted by Crippen LogP contribution is -1.96. The number of rotatable bonds is 5. The lowest BCUT2D eigenvalue weighted by Gasteiger charge is -2.13. The summed E-state index contributed by atoms with van der Waals surface area (Å²) >= 11 is 0. The number of ether oxygens (including phenoxy) is 3. The molecule has 3 nitrogen and oxygen atoms in total. The van der Waals surface area contributed by atoms with E-state index >= 15 is 0 Å². The molecule has 0 saturated carbocycles. The quantitative estimate of drug-likeness (QED) is 0.697. The van der Waals surface area contributed by atoms with Crippen LogP contribution in [0.15, 0.2) is 24.8 Å². The molecule has 82 valence electrons. The van der Waals surface area contributed by atoms with Crippen molar-refractivity contribution in [2.75, 3.05) is 21.3 Å². The molecule has 0 amide bonds. The van der Waals surface area contributed by atoms with Crippen LogP contribution in [0.25, 0.3) is 0 Å². The van der Waals surface area contributed by atoms with Crippen molar-refractivity contribution in [3.63, 3.8) is 0 Å². The van der Waals surface area contributed by atoms with Crippen LogP contribution < -0.4 is 14.2 Å². The monoisotopic (exact) mass is 209 g/mol. The van der Waals surface area contributed by atoms with Crippen molar-refractivity contribution >= 4 is 0 Å². The number of hydrogen-bond donors (Lipinski definition) is 0. The molecule has 0 N–H and O–H groups in total. The molecule has 0 atom stereocenters. The minimum Gasteiger partial charge on any atom is -0.493 e. The van der Waals surface area contributed by atoms with E-state index in [2.05, 4.69) is 6.58 Å². The molecule has 0 bridgehead atoms. The van der Waals surface area contributed by atoms with Gasteiger partial charge >= 0.3 is 0 Å². The van der Waals surface area contributed by atoms with Crippen molar-refractivity contribution < 1.29 is 15.6 Å². The second-order valence-corrected chi connectivity index (χ2v) is 2.96.